The zero-order valence-corrected chi connectivity index (χ0v) is 14.4. The molecule has 0 aliphatic carbocycles. The summed E-state index contributed by atoms with van der Waals surface area (Å²) in [6.45, 7) is 5.21. The summed E-state index contributed by atoms with van der Waals surface area (Å²) >= 11 is 0. The fourth-order valence-corrected chi connectivity index (χ4v) is 3.43. The normalized spacial score (nSPS) is 17.2. The fraction of sp³-hybridized carbons (Fsp3) is 0.316. The summed E-state index contributed by atoms with van der Waals surface area (Å²) in [5, 5.41) is 7.62. The van der Waals surface area contributed by atoms with Crippen molar-refractivity contribution in [2.45, 2.75) is 26.3 Å². The van der Waals surface area contributed by atoms with E-state index in [1.165, 1.54) is 0 Å². The standard InChI is InChI=1S/C19H21N5O/c1-13-10-18-21-17(15-6-4-3-5-7-15)11-19(24(18)22-13)23-9-8-16(12-23)20-14(2)25/h3-7,10-11,16H,8-9,12H2,1-2H3,(H,20,25)/t16-/m1/s1. The molecule has 0 saturated carbocycles. The van der Waals surface area contributed by atoms with Gasteiger partial charge in [-0.1, -0.05) is 30.3 Å². The van der Waals surface area contributed by atoms with Crippen molar-refractivity contribution in [3.63, 3.8) is 0 Å². The van der Waals surface area contributed by atoms with E-state index in [0.29, 0.717) is 0 Å². The third-order valence-electron chi connectivity index (χ3n) is 4.52. The molecule has 1 N–H and O–H groups in total. The van der Waals surface area contributed by atoms with Crippen LogP contribution in [-0.4, -0.2) is 39.6 Å². The molecule has 0 spiro atoms. The van der Waals surface area contributed by atoms with Crippen LogP contribution in [0.25, 0.3) is 16.9 Å². The molecule has 4 rings (SSSR count). The van der Waals surface area contributed by atoms with Crippen LogP contribution < -0.4 is 10.2 Å². The molecule has 0 unspecified atom stereocenters. The van der Waals surface area contributed by atoms with Crippen molar-refractivity contribution in [1.82, 2.24) is 19.9 Å². The Bertz CT molecular complexity index is 918. The quantitative estimate of drug-likeness (QED) is 0.798. The van der Waals surface area contributed by atoms with Crippen molar-refractivity contribution in [3.05, 3.63) is 48.2 Å². The third kappa shape index (κ3) is 3.07. The van der Waals surface area contributed by atoms with Gasteiger partial charge >= 0.3 is 0 Å². The van der Waals surface area contributed by atoms with E-state index in [0.717, 1.165) is 47.9 Å². The number of benzene rings is 1. The molecule has 1 aromatic carbocycles. The molecule has 1 fully saturated rings. The van der Waals surface area contributed by atoms with Crippen molar-refractivity contribution in [2.24, 2.45) is 0 Å². The lowest BCUT2D eigenvalue weighted by Crippen LogP contribution is -2.36. The summed E-state index contributed by atoms with van der Waals surface area (Å²) < 4.78 is 1.90. The van der Waals surface area contributed by atoms with Gasteiger partial charge in [0.25, 0.3) is 0 Å². The van der Waals surface area contributed by atoms with Crippen LogP contribution >= 0.6 is 0 Å². The lowest BCUT2D eigenvalue weighted by molar-refractivity contribution is -0.119. The lowest BCUT2D eigenvalue weighted by atomic mass is 10.1. The molecule has 2 aromatic heterocycles. The highest BCUT2D eigenvalue weighted by molar-refractivity contribution is 5.73. The lowest BCUT2D eigenvalue weighted by Gasteiger charge is -2.20. The maximum atomic E-state index is 11.3. The van der Waals surface area contributed by atoms with Gasteiger partial charge in [0.15, 0.2) is 5.65 Å². The van der Waals surface area contributed by atoms with E-state index in [9.17, 15) is 4.79 Å². The number of aryl methyl sites for hydroxylation is 1. The molecule has 3 heterocycles. The van der Waals surface area contributed by atoms with Gasteiger partial charge in [-0.25, -0.2) is 4.98 Å². The summed E-state index contributed by atoms with van der Waals surface area (Å²) in [6.07, 6.45) is 0.935. The first-order valence-corrected chi connectivity index (χ1v) is 8.55. The first-order chi connectivity index (χ1) is 12.1. The van der Waals surface area contributed by atoms with Crippen LogP contribution in [0.4, 0.5) is 5.82 Å². The number of rotatable bonds is 3. The van der Waals surface area contributed by atoms with E-state index in [-0.39, 0.29) is 11.9 Å². The maximum absolute atomic E-state index is 11.3. The topological polar surface area (TPSA) is 62.5 Å². The molecule has 6 heteroatoms. The van der Waals surface area contributed by atoms with Gasteiger partial charge in [-0.05, 0) is 13.3 Å². The Hall–Kier alpha value is -2.89. The second-order valence-corrected chi connectivity index (χ2v) is 6.55. The first-order valence-electron chi connectivity index (χ1n) is 8.55. The number of carbonyl (C=O) groups excluding carboxylic acids is 1. The highest BCUT2D eigenvalue weighted by Gasteiger charge is 2.26. The SMILES string of the molecule is CC(=O)N[C@@H]1CCN(c2cc(-c3ccccc3)nc3cc(C)nn23)C1. The van der Waals surface area contributed by atoms with E-state index in [1.54, 1.807) is 6.92 Å². The van der Waals surface area contributed by atoms with Crippen molar-refractivity contribution >= 4 is 17.4 Å². The molecule has 1 saturated heterocycles. The number of hydrogen-bond donors (Lipinski definition) is 1. The molecule has 1 amide bonds. The van der Waals surface area contributed by atoms with Crippen LogP contribution in [0.5, 0.6) is 0 Å². The van der Waals surface area contributed by atoms with Gasteiger partial charge in [-0.15, -0.1) is 0 Å². The summed E-state index contributed by atoms with van der Waals surface area (Å²) in [7, 11) is 0. The van der Waals surface area contributed by atoms with Crippen LogP contribution in [0.3, 0.4) is 0 Å². The second-order valence-electron chi connectivity index (χ2n) is 6.55. The van der Waals surface area contributed by atoms with E-state index in [4.69, 9.17) is 4.98 Å². The summed E-state index contributed by atoms with van der Waals surface area (Å²) in [6, 6.07) is 14.4. The van der Waals surface area contributed by atoms with Crippen molar-refractivity contribution in [1.29, 1.82) is 0 Å². The monoisotopic (exact) mass is 335 g/mol. The van der Waals surface area contributed by atoms with E-state index in [2.05, 4.69) is 33.5 Å². The molecular weight excluding hydrogens is 314 g/mol. The minimum atomic E-state index is 0.0200. The highest BCUT2D eigenvalue weighted by atomic mass is 16.1. The van der Waals surface area contributed by atoms with Gasteiger partial charge in [0, 0.05) is 43.8 Å². The minimum absolute atomic E-state index is 0.0200. The van der Waals surface area contributed by atoms with Gasteiger partial charge in [-0.3, -0.25) is 4.79 Å². The average Bonchev–Trinajstić information content (AvgIpc) is 3.19. The number of anilines is 1. The minimum Gasteiger partial charge on any atom is -0.354 e. The summed E-state index contributed by atoms with van der Waals surface area (Å²) in [5.74, 6) is 1.04. The second kappa shape index (κ2) is 6.20. The van der Waals surface area contributed by atoms with Crippen LogP contribution in [0.1, 0.15) is 19.0 Å². The molecule has 0 bridgehead atoms. The molecule has 128 valence electrons. The van der Waals surface area contributed by atoms with Gasteiger partial charge in [0.1, 0.15) is 5.82 Å². The number of aromatic nitrogens is 3. The molecule has 0 radical (unpaired) electrons. The van der Waals surface area contributed by atoms with Crippen LogP contribution in [0.2, 0.25) is 0 Å². The molecule has 6 nitrogen and oxygen atoms in total. The number of fused-ring (bicyclic) bond motifs is 1. The molecule has 1 atom stereocenters. The number of nitrogens with zero attached hydrogens (tertiary/aromatic N) is 4. The van der Waals surface area contributed by atoms with Gasteiger partial charge in [-0.2, -0.15) is 9.61 Å². The maximum Gasteiger partial charge on any atom is 0.217 e. The molecule has 25 heavy (non-hydrogen) atoms. The van der Waals surface area contributed by atoms with Crippen LogP contribution in [0.15, 0.2) is 42.5 Å². The molecular formula is C19H21N5O. The van der Waals surface area contributed by atoms with E-state index in [1.807, 2.05) is 35.7 Å². The molecule has 1 aliphatic heterocycles. The summed E-state index contributed by atoms with van der Waals surface area (Å²) in [4.78, 5) is 18.4. The Balaban J connectivity index is 1.76. The molecule has 3 aromatic rings. The number of hydrogen-bond acceptors (Lipinski definition) is 4. The number of amides is 1. The highest BCUT2D eigenvalue weighted by Crippen LogP contribution is 2.27. The zero-order chi connectivity index (χ0) is 17.4. The third-order valence-corrected chi connectivity index (χ3v) is 4.52. The predicted octanol–water partition coefficient (Wildman–Crippen LogP) is 2.42. The average molecular weight is 335 g/mol. The Morgan fingerprint density at radius 3 is 2.80 bits per heavy atom. The number of carbonyl (C=O) groups is 1. The van der Waals surface area contributed by atoms with Crippen LogP contribution in [-0.2, 0) is 4.79 Å². The Morgan fingerprint density at radius 2 is 2.04 bits per heavy atom. The molecule has 1 aliphatic rings. The van der Waals surface area contributed by atoms with Gasteiger partial charge in [0.2, 0.25) is 5.91 Å². The van der Waals surface area contributed by atoms with Gasteiger partial charge < -0.3 is 10.2 Å². The zero-order valence-electron chi connectivity index (χ0n) is 14.4. The predicted molar refractivity (Wildman–Crippen MR) is 97.6 cm³/mol. The van der Waals surface area contributed by atoms with Crippen molar-refractivity contribution in [3.8, 4) is 11.3 Å². The Labute approximate surface area is 146 Å². The first kappa shape index (κ1) is 15.6. The van der Waals surface area contributed by atoms with Crippen LogP contribution in [0, 0.1) is 6.92 Å². The Kier molecular flexibility index (Phi) is 3.87. The fourth-order valence-electron chi connectivity index (χ4n) is 3.43. The van der Waals surface area contributed by atoms with Crippen molar-refractivity contribution in [2.75, 3.05) is 18.0 Å². The van der Waals surface area contributed by atoms with E-state index < -0.39 is 0 Å². The smallest absolute Gasteiger partial charge is 0.217 e. The van der Waals surface area contributed by atoms with Gasteiger partial charge in [0.05, 0.1) is 11.4 Å². The van der Waals surface area contributed by atoms with E-state index >= 15 is 0 Å². The number of nitrogens with one attached hydrogen (secondary N) is 1. The Morgan fingerprint density at radius 1 is 1.24 bits per heavy atom. The summed E-state index contributed by atoms with van der Waals surface area (Å²) in [5.41, 5.74) is 3.81. The largest absolute Gasteiger partial charge is 0.354 e. The van der Waals surface area contributed by atoms with Crippen molar-refractivity contribution < 1.29 is 4.79 Å².